The van der Waals surface area contributed by atoms with Gasteiger partial charge in [0.05, 0.1) is 27.2 Å². The third-order valence-corrected chi connectivity index (χ3v) is 8.05. The number of imide groups is 1. The zero-order valence-corrected chi connectivity index (χ0v) is 20.6. The number of carbonyl (C=O) groups is 2. The molecule has 3 aromatic rings. The summed E-state index contributed by atoms with van der Waals surface area (Å²) < 4.78 is 27.5. The Morgan fingerprint density at radius 1 is 1.14 bits per heavy atom. The molecule has 1 aliphatic rings. The first-order valence-corrected chi connectivity index (χ1v) is 12.7. The molecular formula is C21H14Cl2N6O4S2. The lowest BCUT2D eigenvalue weighted by molar-refractivity contribution is -0.116. The molecule has 178 valence electrons. The molecule has 0 saturated carbocycles. The van der Waals surface area contributed by atoms with E-state index in [4.69, 9.17) is 29.8 Å². The summed E-state index contributed by atoms with van der Waals surface area (Å²) in [6, 6.07) is 13.7. The van der Waals surface area contributed by atoms with Crippen LogP contribution in [0.3, 0.4) is 0 Å². The SMILES string of the molecule is [C-]#[N+]/N=C(/Nc1ccc(N2C(=O)CNc3ccccc3C2=O)c(Cl)c1)NS(=O)(=O)c1ccc(Cl)s1. The van der Waals surface area contributed by atoms with Gasteiger partial charge in [-0.2, -0.15) is 6.57 Å². The van der Waals surface area contributed by atoms with Gasteiger partial charge in [0.1, 0.15) is 9.31 Å². The van der Waals surface area contributed by atoms with Gasteiger partial charge in [0, 0.05) is 11.4 Å². The number of fused-ring (bicyclic) bond motifs is 1. The summed E-state index contributed by atoms with van der Waals surface area (Å²) >= 11 is 13.1. The fraction of sp³-hybridized carbons (Fsp3) is 0.0476. The molecule has 0 aliphatic carbocycles. The van der Waals surface area contributed by atoms with E-state index >= 15 is 0 Å². The number of hydrogen-bond donors (Lipinski definition) is 3. The van der Waals surface area contributed by atoms with Crippen LogP contribution < -0.4 is 20.3 Å². The van der Waals surface area contributed by atoms with E-state index in [1.54, 1.807) is 24.3 Å². The molecule has 0 radical (unpaired) electrons. The van der Waals surface area contributed by atoms with Gasteiger partial charge in [0.2, 0.25) is 0 Å². The Kier molecular flexibility index (Phi) is 6.95. The summed E-state index contributed by atoms with van der Waals surface area (Å²) in [5.74, 6) is -1.43. The molecule has 14 heteroatoms. The number of sulfonamides is 1. The number of carbonyl (C=O) groups excluding carboxylic acids is 2. The molecule has 2 aromatic carbocycles. The zero-order chi connectivity index (χ0) is 25.2. The monoisotopic (exact) mass is 548 g/mol. The fourth-order valence-corrected chi connectivity index (χ4v) is 5.90. The van der Waals surface area contributed by atoms with Gasteiger partial charge in [-0.25, -0.2) is 18.0 Å². The minimum Gasteiger partial charge on any atom is -0.375 e. The number of amides is 2. The van der Waals surface area contributed by atoms with Crippen LogP contribution in [-0.4, -0.2) is 32.7 Å². The second kappa shape index (κ2) is 9.93. The number of benzene rings is 2. The number of para-hydroxylation sites is 1. The highest BCUT2D eigenvalue weighted by Crippen LogP contribution is 2.32. The number of nitrogens with one attached hydrogen (secondary N) is 3. The summed E-state index contributed by atoms with van der Waals surface area (Å²) in [6.45, 7) is 6.87. The van der Waals surface area contributed by atoms with Crippen molar-refractivity contribution in [1.29, 1.82) is 0 Å². The van der Waals surface area contributed by atoms with E-state index in [1.165, 1.54) is 30.3 Å². The molecule has 1 aliphatic heterocycles. The number of hydrogen-bond acceptors (Lipinski definition) is 7. The number of rotatable bonds is 4. The van der Waals surface area contributed by atoms with E-state index in [0.29, 0.717) is 11.3 Å². The average molecular weight is 549 g/mol. The van der Waals surface area contributed by atoms with E-state index in [1.807, 2.05) is 0 Å². The molecule has 0 unspecified atom stereocenters. The van der Waals surface area contributed by atoms with E-state index in [0.717, 1.165) is 16.2 Å². The molecule has 1 aromatic heterocycles. The maximum atomic E-state index is 13.1. The lowest BCUT2D eigenvalue weighted by atomic mass is 10.1. The Morgan fingerprint density at radius 2 is 1.91 bits per heavy atom. The van der Waals surface area contributed by atoms with Crippen molar-refractivity contribution in [3.63, 3.8) is 0 Å². The van der Waals surface area contributed by atoms with Crippen LogP contribution in [0, 0.1) is 6.57 Å². The van der Waals surface area contributed by atoms with Gasteiger partial charge in [-0.05, 0) is 42.5 Å². The van der Waals surface area contributed by atoms with Crippen molar-refractivity contribution in [3.05, 3.63) is 81.0 Å². The Balaban J connectivity index is 1.60. The van der Waals surface area contributed by atoms with E-state index in [9.17, 15) is 18.0 Å². The van der Waals surface area contributed by atoms with E-state index < -0.39 is 21.8 Å². The van der Waals surface area contributed by atoms with Crippen molar-refractivity contribution in [1.82, 2.24) is 4.72 Å². The number of anilines is 3. The smallest absolute Gasteiger partial charge is 0.296 e. The molecular weight excluding hydrogens is 535 g/mol. The van der Waals surface area contributed by atoms with Crippen LogP contribution in [0.25, 0.3) is 4.95 Å². The van der Waals surface area contributed by atoms with Gasteiger partial charge in [-0.3, -0.25) is 9.59 Å². The molecule has 3 N–H and O–H groups in total. The van der Waals surface area contributed by atoms with Gasteiger partial charge in [-0.15, -0.1) is 16.3 Å². The predicted octanol–water partition coefficient (Wildman–Crippen LogP) is 4.23. The van der Waals surface area contributed by atoms with E-state index in [2.05, 4.69) is 25.4 Å². The first-order chi connectivity index (χ1) is 16.7. The Morgan fingerprint density at radius 3 is 2.60 bits per heavy atom. The van der Waals surface area contributed by atoms with Gasteiger partial charge in [0.15, 0.2) is 0 Å². The molecule has 4 rings (SSSR count). The highest BCUT2D eigenvalue weighted by atomic mass is 35.5. The third kappa shape index (κ3) is 5.23. The molecule has 35 heavy (non-hydrogen) atoms. The second-order valence-corrected chi connectivity index (χ2v) is 11.0. The van der Waals surface area contributed by atoms with Gasteiger partial charge in [-0.1, -0.05) is 35.3 Å². The first-order valence-electron chi connectivity index (χ1n) is 9.69. The van der Waals surface area contributed by atoms with Crippen LogP contribution in [0.4, 0.5) is 17.1 Å². The first kappa shape index (κ1) is 24.5. The Labute approximate surface area is 214 Å². The normalized spacial score (nSPS) is 14.0. The fourth-order valence-electron chi connectivity index (χ4n) is 3.19. The molecule has 2 heterocycles. The molecule has 10 nitrogen and oxygen atoms in total. The van der Waals surface area contributed by atoms with Crippen LogP contribution in [0.1, 0.15) is 10.4 Å². The summed E-state index contributed by atoms with van der Waals surface area (Å²) in [6.07, 6.45) is 0. The quantitative estimate of drug-likeness (QED) is 0.147. The van der Waals surface area contributed by atoms with Crippen molar-refractivity contribution < 1.29 is 18.0 Å². The molecule has 0 bridgehead atoms. The number of thiophene rings is 1. The van der Waals surface area contributed by atoms with Crippen molar-refractivity contribution in [3.8, 4) is 0 Å². The summed E-state index contributed by atoms with van der Waals surface area (Å²) in [5, 5.41) is 9.08. The van der Waals surface area contributed by atoms with Gasteiger partial charge >= 0.3 is 0 Å². The Bertz CT molecular complexity index is 1510. The maximum absolute atomic E-state index is 13.1. The number of halogens is 2. The van der Waals surface area contributed by atoms with Crippen molar-refractivity contribution in [2.45, 2.75) is 4.21 Å². The molecule has 2 amide bonds. The maximum Gasteiger partial charge on any atom is 0.296 e. The van der Waals surface area contributed by atoms with Crippen LogP contribution in [0.15, 0.2) is 63.9 Å². The summed E-state index contributed by atoms with van der Waals surface area (Å²) in [5.41, 5.74) is 1.23. The van der Waals surface area contributed by atoms with Crippen LogP contribution >= 0.6 is 34.5 Å². The van der Waals surface area contributed by atoms with Crippen molar-refractivity contribution in [2.75, 3.05) is 22.1 Å². The second-order valence-electron chi connectivity index (χ2n) is 6.94. The minimum absolute atomic E-state index is 0.0335. The number of nitrogens with zero attached hydrogens (tertiary/aromatic N) is 3. The summed E-state index contributed by atoms with van der Waals surface area (Å²) in [7, 11) is -4.05. The highest BCUT2D eigenvalue weighted by molar-refractivity contribution is 7.92. The van der Waals surface area contributed by atoms with Crippen molar-refractivity contribution >= 4 is 79.4 Å². The Hall–Kier alpha value is -3.63. The molecule has 0 spiro atoms. The topological polar surface area (TPSA) is 124 Å². The van der Waals surface area contributed by atoms with Crippen LogP contribution in [0.5, 0.6) is 0 Å². The molecule has 0 atom stereocenters. The predicted molar refractivity (Wildman–Crippen MR) is 136 cm³/mol. The van der Waals surface area contributed by atoms with Gasteiger partial charge in [0.25, 0.3) is 27.8 Å². The van der Waals surface area contributed by atoms with Crippen LogP contribution in [-0.2, 0) is 14.8 Å². The standard InChI is InChI=1S/C21H14Cl2N6O4S2/c1-24-27-21(28-35(32,33)19-9-8-17(23)34-19)26-12-6-7-16(14(22)10-12)29-18(30)11-25-15-5-3-2-4-13(15)20(29)31/h2-10,25H,11H2,(H2,26,27,28). The lowest BCUT2D eigenvalue weighted by Crippen LogP contribution is -2.38. The number of guanidine groups is 1. The molecule has 0 saturated heterocycles. The molecule has 0 fully saturated rings. The summed E-state index contributed by atoms with van der Waals surface area (Å²) in [4.78, 5) is 29.7. The largest absolute Gasteiger partial charge is 0.375 e. The zero-order valence-electron chi connectivity index (χ0n) is 17.5. The van der Waals surface area contributed by atoms with E-state index in [-0.39, 0.29) is 37.4 Å². The minimum atomic E-state index is -4.05. The third-order valence-electron chi connectivity index (χ3n) is 4.69. The van der Waals surface area contributed by atoms with Gasteiger partial charge < -0.3 is 10.6 Å². The van der Waals surface area contributed by atoms with Crippen LogP contribution in [0.2, 0.25) is 9.36 Å². The lowest BCUT2D eigenvalue weighted by Gasteiger charge is -2.20. The highest BCUT2D eigenvalue weighted by Gasteiger charge is 2.31. The van der Waals surface area contributed by atoms with Crippen molar-refractivity contribution in [2.24, 2.45) is 5.10 Å². The average Bonchev–Trinajstić information content (AvgIpc) is 3.22.